The van der Waals surface area contributed by atoms with Gasteiger partial charge in [0.25, 0.3) is 0 Å². The predicted octanol–water partition coefficient (Wildman–Crippen LogP) is 5.00. The summed E-state index contributed by atoms with van der Waals surface area (Å²) in [6.45, 7) is 4.65. The van der Waals surface area contributed by atoms with Gasteiger partial charge in [-0.05, 0) is 31.5 Å². The minimum atomic E-state index is -0.461. The van der Waals surface area contributed by atoms with E-state index in [-0.39, 0.29) is 18.3 Å². The summed E-state index contributed by atoms with van der Waals surface area (Å²) < 4.78 is 7.20. The maximum absolute atomic E-state index is 12.8. The smallest absolute Gasteiger partial charge is 0.341 e. The third-order valence-electron chi connectivity index (χ3n) is 4.89. The SMILES string of the molecule is CCOC(=O)c1c(-c2ccccc2)csc1NC(=O)CSc1nnc(-c2cccnc2)n1CC. The Morgan fingerprint density at radius 1 is 1.09 bits per heavy atom. The zero-order valence-corrected chi connectivity index (χ0v) is 20.4. The Morgan fingerprint density at radius 3 is 2.59 bits per heavy atom. The number of esters is 1. The lowest BCUT2D eigenvalue weighted by molar-refractivity contribution is -0.113. The van der Waals surface area contributed by atoms with Crippen LogP contribution in [-0.2, 0) is 16.1 Å². The molecule has 0 atom stereocenters. The first-order valence-corrected chi connectivity index (χ1v) is 12.6. The molecule has 0 fully saturated rings. The van der Waals surface area contributed by atoms with Crippen molar-refractivity contribution in [2.24, 2.45) is 0 Å². The second-order valence-electron chi connectivity index (χ2n) is 7.07. The number of hydrogen-bond acceptors (Lipinski definition) is 8. The topological polar surface area (TPSA) is 99.0 Å². The molecular weight excluding hydrogens is 470 g/mol. The van der Waals surface area contributed by atoms with Crippen LogP contribution < -0.4 is 5.32 Å². The van der Waals surface area contributed by atoms with E-state index < -0.39 is 5.97 Å². The van der Waals surface area contributed by atoms with E-state index in [2.05, 4.69) is 20.5 Å². The molecule has 0 spiro atoms. The zero-order valence-electron chi connectivity index (χ0n) is 18.7. The highest BCUT2D eigenvalue weighted by Gasteiger charge is 2.23. The monoisotopic (exact) mass is 493 g/mol. The highest BCUT2D eigenvalue weighted by atomic mass is 32.2. The number of hydrogen-bond donors (Lipinski definition) is 1. The average molecular weight is 494 g/mol. The number of amides is 1. The number of benzene rings is 1. The number of carbonyl (C=O) groups excluding carboxylic acids is 2. The fraction of sp³-hybridized carbons (Fsp3) is 0.208. The molecule has 1 amide bonds. The van der Waals surface area contributed by atoms with E-state index in [1.54, 1.807) is 19.3 Å². The fourth-order valence-corrected chi connectivity index (χ4v) is 5.14. The Kier molecular flexibility index (Phi) is 7.71. The third kappa shape index (κ3) is 5.18. The quantitative estimate of drug-likeness (QED) is 0.259. The number of pyridine rings is 1. The van der Waals surface area contributed by atoms with Gasteiger partial charge in [0, 0.05) is 35.4 Å². The van der Waals surface area contributed by atoms with Gasteiger partial charge in [0.1, 0.15) is 10.6 Å². The summed E-state index contributed by atoms with van der Waals surface area (Å²) in [6.07, 6.45) is 3.43. The number of rotatable bonds is 9. The van der Waals surface area contributed by atoms with E-state index in [0.717, 1.165) is 16.7 Å². The van der Waals surface area contributed by atoms with Crippen LogP contribution in [0.15, 0.2) is 65.4 Å². The molecule has 1 aromatic carbocycles. The van der Waals surface area contributed by atoms with Crippen LogP contribution in [0, 0.1) is 0 Å². The molecule has 174 valence electrons. The first-order chi connectivity index (χ1) is 16.6. The summed E-state index contributed by atoms with van der Waals surface area (Å²) in [5, 5.41) is 14.4. The number of nitrogens with one attached hydrogen (secondary N) is 1. The van der Waals surface area contributed by atoms with Crippen LogP contribution in [0.3, 0.4) is 0 Å². The first-order valence-electron chi connectivity index (χ1n) is 10.7. The van der Waals surface area contributed by atoms with Gasteiger partial charge >= 0.3 is 5.97 Å². The molecule has 0 saturated carbocycles. The lowest BCUT2D eigenvalue weighted by Crippen LogP contribution is -2.16. The molecule has 0 radical (unpaired) electrons. The van der Waals surface area contributed by atoms with Crippen LogP contribution in [0.25, 0.3) is 22.5 Å². The number of ether oxygens (including phenoxy) is 1. The highest BCUT2D eigenvalue weighted by Crippen LogP contribution is 2.36. The molecule has 0 aliphatic heterocycles. The van der Waals surface area contributed by atoms with E-state index in [4.69, 9.17) is 4.74 Å². The molecule has 10 heteroatoms. The lowest BCUT2D eigenvalue weighted by atomic mass is 10.0. The minimum absolute atomic E-state index is 0.117. The number of nitrogens with zero attached hydrogens (tertiary/aromatic N) is 4. The molecule has 0 aliphatic rings. The Morgan fingerprint density at radius 2 is 1.88 bits per heavy atom. The third-order valence-corrected chi connectivity index (χ3v) is 6.76. The van der Waals surface area contributed by atoms with Crippen LogP contribution in [0.1, 0.15) is 24.2 Å². The maximum atomic E-state index is 12.8. The van der Waals surface area contributed by atoms with Gasteiger partial charge in [0.05, 0.1) is 12.4 Å². The van der Waals surface area contributed by atoms with Crippen molar-refractivity contribution >= 4 is 40.0 Å². The number of carbonyl (C=O) groups is 2. The largest absolute Gasteiger partial charge is 0.462 e. The zero-order chi connectivity index (χ0) is 23.9. The minimum Gasteiger partial charge on any atom is -0.462 e. The molecule has 0 unspecified atom stereocenters. The normalized spacial score (nSPS) is 10.8. The highest BCUT2D eigenvalue weighted by molar-refractivity contribution is 7.99. The molecule has 0 bridgehead atoms. The Labute approximate surface area is 205 Å². The van der Waals surface area contributed by atoms with Gasteiger partial charge in [-0.1, -0.05) is 42.1 Å². The van der Waals surface area contributed by atoms with Gasteiger partial charge in [-0.25, -0.2) is 4.79 Å². The molecule has 0 aliphatic carbocycles. The van der Waals surface area contributed by atoms with Crippen LogP contribution in [0.4, 0.5) is 5.00 Å². The van der Waals surface area contributed by atoms with E-state index in [0.29, 0.717) is 28.1 Å². The van der Waals surface area contributed by atoms with Crippen LogP contribution >= 0.6 is 23.1 Å². The number of thiophene rings is 1. The summed E-state index contributed by atoms with van der Waals surface area (Å²) in [6, 6.07) is 13.3. The molecule has 4 aromatic rings. The summed E-state index contributed by atoms with van der Waals surface area (Å²) in [5.41, 5.74) is 2.85. The van der Waals surface area contributed by atoms with E-state index >= 15 is 0 Å². The van der Waals surface area contributed by atoms with Gasteiger partial charge in [-0.15, -0.1) is 21.5 Å². The van der Waals surface area contributed by atoms with Crippen molar-refractivity contribution in [3.8, 4) is 22.5 Å². The van der Waals surface area contributed by atoms with Crippen molar-refractivity contribution < 1.29 is 14.3 Å². The van der Waals surface area contributed by atoms with Crippen molar-refractivity contribution in [1.29, 1.82) is 0 Å². The van der Waals surface area contributed by atoms with Crippen molar-refractivity contribution in [1.82, 2.24) is 19.7 Å². The number of aromatic nitrogens is 4. The van der Waals surface area contributed by atoms with Gasteiger partial charge in [0.15, 0.2) is 11.0 Å². The van der Waals surface area contributed by atoms with Crippen molar-refractivity contribution in [2.45, 2.75) is 25.5 Å². The first kappa shape index (κ1) is 23.7. The molecule has 4 rings (SSSR count). The molecule has 0 saturated heterocycles. The van der Waals surface area contributed by atoms with Crippen molar-refractivity contribution in [2.75, 3.05) is 17.7 Å². The Hall–Kier alpha value is -3.50. The molecule has 3 heterocycles. The second kappa shape index (κ2) is 11.1. The standard InChI is InChI=1S/C24H23N5O3S2/c1-3-29-21(17-11-8-12-25-13-17)27-28-24(29)34-15-19(30)26-22-20(23(31)32-4-2)18(14-33-22)16-9-6-5-7-10-16/h5-14H,3-4,15H2,1-2H3,(H,26,30). The Balaban J connectivity index is 1.50. The molecule has 1 N–H and O–H groups in total. The predicted molar refractivity (Wildman–Crippen MR) is 134 cm³/mol. The van der Waals surface area contributed by atoms with Crippen LogP contribution in [0.2, 0.25) is 0 Å². The Bertz CT molecular complexity index is 1270. The molecule has 8 nitrogen and oxygen atoms in total. The number of thioether (sulfide) groups is 1. The number of anilines is 1. The molecule has 3 aromatic heterocycles. The van der Waals surface area contributed by atoms with Gasteiger partial charge < -0.3 is 14.6 Å². The lowest BCUT2D eigenvalue weighted by Gasteiger charge is -2.09. The van der Waals surface area contributed by atoms with Gasteiger partial charge in [-0.2, -0.15) is 0 Å². The fourth-order valence-electron chi connectivity index (χ4n) is 3.37. The second-order valence-corrected chi connectivity index (χ2v) is 8.89. The van der Waals surface area contributed by atoms with Gasteiger partial charge in [-0.3, -0.25) is 9.78 Å². The van der Waals surface area contributed by atoms with Crippen LogP contribution in [-0.4, -0.2) is 44.0 Å². The van der Waals surface area contributed by atoms with Crippen molar-refractivity contribution in [3.05, 3.63) is 65.8 Å². The maximum Gasteiger partial charge on any atom is 0.341 e. The van der Waals surface area contributed by atoms with Crippen LogP contribution in [0.5, 0.6) is 0 Å². The summed E-state index contributed by atoms with van der Waals surface area (Å²) >= 11 is 2.59. The van der Waals surface area contributed by atoms with Crippen molar-refractivity contribution in [3.63, 3.8) is 0 Å². The summed E-state index contributed by atoms with van der Waals surface area (Å²) in [4.78, 5) is 29.6. The van der Waals surface area contributed by atoms with E-state index in [9.17, 15) is 9.59 Å². The van der Waals surface area contributed by atoms with E-state index in [1.807, 2.05) is 59.3 Å². The molecule has 34 heavy (non-hydrogen) atoms. The van der Waals surface area contributed by atoms with Gasteiger partial charge in [0.2, 0.25) is 5.91 Å². The average Bonchev–Trinajstić information content (AvgIpc) is 3.48. The summed E-state index contributed by atoms with van der Waals surface area (Å²) in [7, 11) is 0. The van der Waals surface area contributed by atoms with E-state index in [1.165, 1.54) is 23.1 Å². The molecular formula is C24H23N5O3S2. The summed E-state index contributed by atoms with van der Waals surface area (Å²) in [5.74, 6) is 0.114.